The molecule has 7 heteroatoms. The fraction of sp³-hybridized carbons (Fsp3) is 0.500. The summed E-state index contributed by atoms with van der Waals surface area (Å²) in [4.78, 5) is 6.45. The van der Waals surface area contributed by atoms with Crippen molar-refractivity contribution in [3.8, 4) is 0 Å². The van der Waals surface area contributed by atoms with E-state index in [1.165, 1.54) is 6.20 Å². The molecular weight excluding hydrogens is 224 g/mol. The van der Waals surface area contributed by atoms with Crippen molar-refractivity contribution in [1.82, 2.24) is 4.98 Å². The van der Waals surface area contributed by atoms with Gasteiger partial charge in [0.05, 0.1) is 18.4 Å². The Morgan fingerprint density at radius 2 is 2.18 bits per heavy atom. The van der Waals surface area contributed by atoms with Crippen molar-refractivity contribution in [1.29, 1.82) is 0 Å². The van der Waals surface area contributed by atoms with Gasteiger partial charge in [-0.2, -0.15) is 0 Å². The van der Waals surface area contributed by atoms with Gasteiger partial charge in [0.15, 0.2) is 0 Å². The lowest BCUT2D eigenvalue weighted by molar-refractivity contribution is 0.0148. The third-order valence-electron chi connectivity index (χ3n) is 2.30. The van der Waals surface area contributed by atoms with Gasteiger partial charge in [-0.1, -0.05) is 11.2 Å². The number of aliphatic hydroxyl groups is 3. The van der Waals surface area contributed by atoms with Crippen LogP contribution < -0.4 is 0 Å². The highest BCUT2D eigenvalue weighted by molar-refractivity contribution is 5.17. The van der Waals surface area contributed by atoms with Gasteiger partial charge in [-0.25, -0.2) is 0 Å². The monoisotopic (exact) mass is 238 g/mol. The van der Waals surface area contributed by atoms with Crippen molar-refractivity contribution in [3.05, 3.63) is 40.0 Å². The van der Waals surface area contributed by atoms with Gasteiger partial charge in [0.1, 0.15) is 6.10 Å². The maximum atomic E-state index is 9.76. The highest BCUT2D eigenvalue weighted by atomic mass is 16.3. The van der Waals surface area contributed by atoms with E-state index in [-0.39, 0.29) is 19.6 Å². The van der Waals surface area contributed by atoms with Crippen LogP contribution >= 0.6 is 0 Å². The molecule has 3 N–H and O–H groups in total. The first kappa shape index (κ1) is 13.4. The quantitative estimate of drug-likeness (QED) is 0.383. The van der Waals surface area contributed by atoms with Crippen LogP contribution in [0.3, 0.4) is 0 Å². The lowest BCUT2D eigenvalue weighted by Gasteiger charge is -2.17. The summed E-state index contributed by atoms with van der Waals surface area (Å²) in [5.74, 6) is 0. The summed E-state index contributed by atoms with van der Waals surface area (Å²) in [6.07, 6.45) is -0.522. The number of aromatic nitrogens is 1. The van der Waals surface area contributed by atoms with Crippen molar-refractivity contribution in [2.45, 2.75) is 25.2 Å². The summed E-state index contributed by atoms with van der Waals surface area (Å²) in [5, 5.41) is 31.5. The molecular formula is C10H14N4O3. The highest BCUT2D eigenvalue weighted by Crippen LogP contribution is 2.18. The lowest BCUT2D eigenvalue weighted by atomic mass is 10.0. The van der Waals surface area contributed by atoms with Crippen LogP contribution in [0.4, 0.5) is 0 Å². The predicted molar refractivity (Wildman–Crippen MR) is 59.8 cm³/mol. The normalized spacial score (nSPS) is 13.8. The summed E-state index contributed by atoms with van der Waals surface area (Å²) >= 11 is 0. The smallest absolute Gasteiger partial charge is 0.106 e. The van der Waals surface area contributed by atoms with Gasteiger partial charge >= 0.3 is 0 Å². The minimum Gasteiger partial charge on any atom is -0.390 e. The number of hydrogen-bond donors (Lipinski definition) is 3. The molecule has 1 heterocycles. The van der Waals surface area contributed by atoms with E-state index in [0.29, 0.717) is 11.3 Å². The van der Waals surface area contributed by atoms with Crippen molar-refractivity contribution in [2.24, 2.45) is 5.11 Å². The zero-order valence-electron chi connectivity index (χ0n) is 9.14. The minimum absolute atomic E-state index is 0.122. The molecule has 7 nitrogen and oxygen atoms in total. The van der Waals surface area contributed by atoms with Gasteiger partial charge in [0.25, 0.3) is 0 Å². The summed E-state index contributed by atoms with van der Waals surface area (Å²) in [7, 11) is 0. The van der Waals surface area contributed by atoms with E-state index in [0.717, 1.165) is 0 Å². The summed E-state index contributed by atoms with van der Waals surface area (Å²) < 4.78 is 0. The Labute approximate surface area is 98.0 Å². The largest absolute Gasteiger partial charge is 0.390 e. The van der Waals surface area contributed by atoms with Crippen LogP contribution in [0.25, 0.3) is 10.4 Å². The Bertz CT molecular complexity index is 389. The number of aliphatic hydroxyl groups excluding tert-OH is 3. The van der Waals surface area contributed by atoms with Crippen LogP contribution in [0.15, 0.2) is 23.4 Å². The molecule has 0 saturated carbocycles. The molecule has 2 atom stereocenters. The third kappa shape index (κ3) is 4.01. The molecule has 1 aromatic heterocycles. The zero-order valence-corrected chi connectivity index (χ0v) is 9.14. The topological polar surface area (TPSA) is 122 Å². The lowest BCUT2D eigenvalue weighted by Crippen LogP contribution is -2.19. The zero-order chi connectivity index (χ0) is 12.7. The molecule has 2 unspecified atom stereocenters. The first-order valence-electron chi connectivity index (χ1n) is 5.11. The second kappa shape index (κ2) is 6.82. The molecule has 0 radical (unpaired) electrons. The standard InChI is InChI=1S/C10H14N4O3/c11-14-13-4-3-9(16)10(17)7-1-2-8(6-15)12-5-7/h1-2,5,9-10,15-17H,3-4,6H2. The Hall–Kier alpha value is -1.66. The highest BCUT2D eigenvalue weighted by Gasteiger charge is 2.17. The van der Waals surface area contributed by atoms with Crippen molar-refractivity contribution >= 4 is 0 Å². The summed E-state index contributed by atoms with van der Waals surface area (Å²) in [5.41, 5.74) is 9.02. The van der Waals surface area contributed by atoms with E-state index < -0.39 is 12.2 Å². The SMILES string of the molecule is [N-]=[N+]=NCCC(O)C(O)c1ccc(CO)nc1. The van der Waals surface area contributed by atoms with Gasteiger partial charge in [0.2, 0.25) is 0 Å². The van der Waals surface area contributed by atoms with Crippen molar-refractivity contribution < 1.29 is 15.3 Å². The Morgan fingerprint density at radius 1 is 1.41 bits per heavy atom. The maximum absolute atomic E-state index is 9.76. The first-order chi connectivity index (χ1) is 8.19. The number of nitrogens with zero attached hydrogens (tertiary/aromatic N) is 4. The van der Waals surface area contributed by atoms with Gasteiger partial charge < -0.3 is 15.3 Å². The van der Waals surface area contributed by atoms with E-state index in [1.54, 1.807) is 12.1 Å². The van der Waals surface area contributed by atoms with E-state index in [9.17, 15) is 10.2 Å². The average molecular weight is 238 g/mol. The average Bonchev–Trinajstić information content (AvgIpc) is 2.38. The molecule has 0 bridgehead atoms. The molecule has 92 valence electrons. The van der Waals surface area contributed by atoms with Crippen molar-refractivity contribution in [3.63, 3.8) is 0 Å². The second-order valence-corrected chi connectivity index (χ2v) is 3.50. The van der Waals surface area contributed by atoms with Gasteiger partial charge in [-0.15, -0.1) is 0 Å². The van der Waals surface area contributed by atoms with Crippen LogP contribution in [0, 0.1) is 0 Å². The summed E-state index contributed by atoms with van der Waals surface area (Å²) in [6, 6.07) is 3.15. The molecule has 0 aliphatic rings. The molecule has 1 aromatic rings. The van der Waals surface area contributed by atoms with E-state index >= 15 is 0 Å². The summed E-state index contributed by atoms with van der Waals surface area (Å²) in [6.45, 7) is -0.0489. The Kier molecular flexibility index (Phi) is 5.38. The Morgan fingerprint density at radius 3 is 2.71 bits per heavy atom. The van der Waals surface area contributed by atoms with Crippen molar-refractivity contribution in [2.75, 3.05) is 6.54 Å². The van der Waals surface area contributed by atoms with Crippen LogP contribution in [0.1, 0.15) is 23.8 Å². The third-order valence-corrected chi connectivity index (χ3v) is 2.30. The van der Waals surface area contributed by atoms with Gasteiger partial charge in [0, 0.05) is 23.2 Å². The van der Waals surface area contributed by atoms with E-state index in [2.05, 4.69) is 15.0 Å². The van der Waals surface area contributed by atoms with Crippen LogP contribution in [0.5, 0.6) is 0 Å². The van der Waals surface area contributed by atoms with Gasteiger partial charge in [-0.3, -0.25) is 4.98 Å². The number of hydrogen-bond acceptors (Lipinski definition) is 5. The molecule has 0 aromatic carbocycles. The molecule has 0 saturated heterocycles. The van der Waals surface area contributed by atoms with E-state index in [1.807, 2.05) is 0 Å². The van der Waals surface area contributed by atoms with E-state index in [4.69, 9.17) is 10.6 Å². The molecule has 0 aliphatic heterocycles. The maximum Gasteiger partial charge on any atom is 0.106 e. The molecule has 0 amide bonds. The van der Waals surface area contributed by atoms with Crippen LogP contribution in [-0.4, -0.2) is 33.0 Å². The first-order valence-corrected chi connectivity index (χ1v) is 5.11. The molecule has 1 rings (SSSR count). The number of azide groups is 1. The van der Waals surface area contributed by atoms with Gasteiger partial charge in [-0.05, 0) is 18.0 Å². The van der Waals surface area contributed by atoms with Crippen LogP contribution in [0.2, 0.25) is 0 Å². The molecule has 0 fully saturated rings. The Balaban J connectivity index is 2.60. The fourth-order valence-electron chi connectivity index (χ4n) is 1.32. The van der Waals surface area contributed by atoms with Crippen LogP contribution in [-0.2, 0) is 6.61 Å². The molecule has 0 spiro atoms. The molecule has 17 heavy (non-hydrogen) atoms. The molecule has 0 aliphatic carbocycles. The number of pyridine rings is 1. The minimum atomic E-state index is -1.08. The fourth-order valence-corrected chi connectivity index (χ4v) is 1.32. The second-order valence-electron chi connectivity index (χ2n) is 3.50. The predicted octanol–water partition coefficient (Wildman–Crippen LogP) is 0.669. The number of rotatable bonds is 6.